The Bertz CT molecular complexity index is 1490. The number of benzene rings is 3. The normalized spacial score (nSPS) is 12.3. The molecule has 3 N–H and O–H groups in total. The van der Waals surface area contributed by atoms with Crippen LogP contribution in [0.3, 0.4) is 0 Å². The van der Waals surface area contributed by atoms with Crippen molar-refractivity contribution >= 4 is 17.4 Å². The van der Waals surface area contributed by atoms with Gasteiger partial charge in [-0.1, -0.05) is 66.7 Å². The lowest BCUT2D eigenvalue weighted by atomic mass is 10.0. The van der Waals surface area contributed by atoms with Crippen LogP contribution in [0.5, 0.6) is 0 Å². The van der Waals surface area contributed by atoms with E-state index < -0.39 is 11.2 Å². The van der Waals surface area contributed by atoms with Gasteiger partial charge in [-0.15, -0.1) is 0 Å². The highest BCUT2D eigenvalue weighted by molar-refractivity contribution is 6.07. The summed E-state index contributed by atoms with van der Waals surface area (Å²) >= 11 is 0. The predicted molar refractivity (Wildman–Crippen MR) is 137 cm³/mol. The van der Waals surface area contributed by atoms with Crippen LogP contribution in [0.2, 0.25) is 0 Å². The number of nitrogens with two attached hydrogens (primary N) is 1. The van der Waals surface area contributed by atoms with Crippen LogP contribution in [0.15, 0.2) is 88.5 Å². The van der Waals surface area contributed by atoms with Gasteiger partial charge in [0.05, 0.1) is 13.1 Å². The number of nitrogens with zero attached hydrogens (tertiary/aromatic N) is 2. The van der Waals surface area contributed by atoms with Crippen LogP contribution < -0.4 is 21.9 Å². The maximum atomic E-state index is 13.8. The van der Waals surface area contributed by atoms with Crippen LogP contribution in [0.25, 0.3) is 0 Å². The number of hydrogen-bond donors (Lipinski definition) is 2. The zero-order chi connectivity index (χ0) is 24.4. The Morgan fingerprint density at radius 3 is 2.26 bits per heavy atom. The second-order valence-corrected chi connectivity index (χ2v) is 8.78. The van der Waals surface area contributed by atoms with E-state index in [-0.39, 0.29) is 30.5 Å². The number of nitrogens with one attached hydrogen (secondary N) is 1. The van der Waals surface area contributed by atoms with Crippen LogP contribution in [0.1, 0.15) is 39.0 Å². The summed E-state index contributed by atoms with van der Waals surface area (Å²) in [4.78, 5) is 43.3. The average Bonchev–Trinajstić information content (AvgIpc) is 3.35. The highest BCUT2D eigenvalue weighted by Gasteiger charge is 2.26. The van der Waals surface area contributed by atoms with Gasteiger partial charge in [-0.3, -0.25) is 24.0 Å². The number of carbonyl (C=O) groups excluding carboxylic acids is 1. The number of amides is 1. The van der Waals surface area contributed by atoms with E-state index in [2.05, 4.69) is 4.98 Å². The van der Waals surface area contributed by atoms with Crippen molar-refractivity contribution in [1.82, 2.24) is 9.55 Å². The Kier molecular flexibility index (Phi) is 6.06. The third-order valence-electron chi connectivity index (χ3n) is 6.44. The molecule has 0 aliphatic heterocycles. The van der Waals surface area contributed by atoms with Crippen LogP contribution in [-0.4, -0.2) is 15.5 Å². The molecule has 1 amide bonds. The van der Waals surface area contributed by atoms with Crippen LogP contribution in [-0.2, 0) is 25.9 Å². The fraction of sp³-hybridized carbons (Fsp3) is 0.179. The largest absolute Gasteiger partial charge is 0.383 e. The lowest BCUT2D eigenvalue weighted by Gasteiger charge is -2.25. The van der Waals surface area contributed by atoms with Crippen molar-refractivity contribution in [3.8, 4) is 0 Å². The van der Waals surface area contributed by atoms with Gasteiger partial charge < -0.3 is 5.73 Å². The predicted octanol–water partition coefficient (Wildman–Crippen LogP) is 3.50. The van der Waals surface area contributed by atoms with Gasteiger partial charge in [-0.05, 0) is 53.6 Å². The Labute approximate surface area is 202 Å². The molecule has 0 unspecified atom stereocenters. The summed E-state index contributed by atoms with van der Waals surface area (Å²) in [6.07, 6.45) is 3.01. The minimum Gasteiger partial charge on any atom is -0.383 e. The van der Waals surface area contributed by atoms with Gasteiger partial charge in [0.1, 0.15) is 5.82 Å². The number of carbonyl (C=O) groups is 1. The third-order valence-corrected chi connectivity index (χ3v) is 6.44. The summed E-state index contributed by atoms with van der Waals surface area (Å²) in [6, 6.07) is 24.4. The molecule has 4 aromatic rings. The molecule has 0 atom stereocenters. The first-order valence-corrected chi connectivity index (χ1v) is 11.7. The monoisotopic (exact) mass is 466 g/mol. The van der Waals surface area contributed by atoms with E-state index in [1.165, 1.54) is 15.0 Å². The first kappa shape index (κ1) is 22.4. The Morgan fingerprint density at radius 1 is 0.886 bits per heavy atom. The van der Waals surface area contributed by atoms with Gasteiger partial charge in [0.2, 0.25) is 0 Å². The van der Waals surface area contributed by atoms with Crippen LogP contribution >= 0.6 is 0 Å². The third kappa shape index (κ3) is 4.53. The topological polar surface area (TPSA) is 101 Å². The zero-order valence-electron chi connectivity index (χ0n) is 19.2. The van der Waals surface area contributed by atoms with Gasteiger partial charge >= 0.3 is 5.69 Å². The number of hydrogen-bond acceptors (Lipinski definition) is 4. The van der Waals surface area contributed by atoms with Crippen LogP contribution in [0.4, 0.5) is 11.5 Å². The van der Waals surface area contributed by atoms with Crippen molar-refractivity contribution in [1.29, 1.82) is 0 Å². The number of fused-ring (bicyclic) bond motifs is 1. The molecule has 0 saturated carbocycles. The molecule has 0 saturated heterocycles. The number of aryl methyl sites for hydroxylation is 2. The smallest absolute Gasteiger partial charge is 0.330 e. The maximum absolute atomic E-state index is 13.8. The molecular weight excluding hydrogens is 440 g/mol. The summed E-state index contributed by atoms with van der Waals surface area (Å²) in [5, 5.41) is 0. The Morgan fingerprint density at radius 2 is 1.54 bits per heavy atom. The van der Waals surface area contributed by atoms with E-state index in [1.807, 2.05) is 72.8 Å². The first-order valence-electron chi connectivity index (χ1n) is 11.7. The number of nitrogen functional groups attached to an aromatic ring is 1. The molecule has 7 heteroatoms. The summed E-state index contributed by atoms with van der Waals surface area (Å²) < 4.78 is 1.29. The maximum Gasteiger partial charge on any atom is 0.330 e. The molecule has 0 fully saturated rings. The van der Waals surface area contributed by atoms with Gasteiger partial charge in [0.15, 0.2) is 5.69 Å². The van der Waals surface area contributed by atoms with E-state index in [1.54, 1.807) is 6.07 Å². The van der Waals surface area contributed by atoms with E-state index in [9.17, 15) is 14.4 Å². The molecule has 176 valence electrons. The molecule has 5 rings (SSSR count). The van der Waals surface area contributed by atoms with E-state index >= 15 is 0 Å². The lowest BCUT2D eigenvalue weighted by molar-refractivity contribution is 0.0984. The van der Waals surface area contributed by atoms with Gasteiger partial charge in [0, 0.05) is 5.56 Å². The van der Waals surface area contributed by atoms with Gasteiger partial charge in [0.25, 0.3) is 11.5 Å². The fourth-order valence-electron chi connectivity index (χ4n) is 4.64. The quantitative estimate of drug-likeness (QED) is 0.454. The highest BCUT2D eigenvalue weighted by atomic mass is 16.2. The molecule has 1 aromatic heterocycles. The Hall–Kier alpha value is -4.39. The number of aromatic nitrogens is 2. The van der Waals surface area contributed by atoms with Gasteiger partial charge in [-0.2, -0.15) is 0 Å². The van der Waals surface area contributed by atoms with E-state index in [0.717, 1.165) is 36.0 Å². The van der Waals surface area contributed by atoms with Crippen molar-refractivity contribution < 1.29 is 4.79 Å². The van der Waals surface area contributed by atoms with Crippen molar-refractivity contribution in [2.75, 3.05) is 10.6 Å². The second-order valence-electron chi connectivity index (χ2n) is 8.78. The SMILES string of the molecule is Nc1c(N(Cc2ccccc2)C(=O)c2ccc3c(c2)CCC3)c(=O)[nH]c(=O)n1Cc1ccccc1. The minimum atomic E-state index is -0.692. The number of aromatic amines is 1. The fourth-order valence-corrected chi connectivity index (χ4v) is 4.64. The highest BCUT2D eigenvalue weighted by Crippen LogP contribution is 2.26. The molecular formula is C28H26N4O3. The number of anilines is 2. The van der Waals surface area contributed by atoms with Crippen molar-refractivity contribution in [2.24, 2.45) is 0 Å². The summed E-state index contributed by atoms with van der Waals surface area (Å²) in [5.41, 5.74) is 9.68. The first-order chi connectivity index (χ1) is 17.0. The molecule has 0 bridgehead atoms. The van der Waals surface area contributed by atoms with Crippen molar-refractivity contribution in [3.05, 3.63) is 128 Å². The van der Waals surface area contributed by atoms with E-state index in [0.29, 0.717) is 5.56 Å². The van der Waals surface area contributed by atoms with Crippen molar-refractivity contribution in [2.45, 2.75) is 32.4 Å². The molecule has 35 heavy (non-hydrogen) atoms. The second kappa shape index (κ2) is 9.46. The zero-order valence-corrected chi connectivity index (χ0v) is 19.2. The molecule has 3 aromatic carbocycles. The molecule has 0 radical (unpaired) electrons. The summed E-state index contributed by atoms with van der Waals surface area (Å²) in [6.45, 7) is 0.301. The minimum absolute atomic E-state index is 0.0325. The molecule has 1 aliphatic rings. The van der Waals surface area contributed by atoms with Crippen molar-refractivity contribution in [3.63, 3.8) is 0 Å². The Balaban J connectivity index is 1.62. The average molecular weight is 467 g/mol. The van der Waals surface area contributed by atoms with Gasteiger partial charge in [-0.25, -0.2) is 4.79 Å². The lowest BCUT2D eigenvalue weighted by Crippen LogP contribution is -2.41. The molecule has 1 aliphatic carbocycles. The molecule has 0 spiro atoms. The number of H-pyrrole nitrogens is 1. The standard InChI is InChI=1S/C28H26N4O3/c29-25-24(26(33)30-28(35)32(25)18-20-10-5-2-6-11-20)31(17-19-8-3-1-4-9-19)27(34)23-15-14-21-12-7-13-22(21)16-23/h1-6,8-11,14-16H,7,12-13,17-18,29H2,(H,30,33,35). The molecule has 7 nitrogen and oxygen atoms in total. The van der Waals surface area contributed by atoms with E-state index in [4.69, 9.17) is 5.73 Å². The molecule has 1 heterocycles. The number of rotatable bonds is 6. The summed E-state index contributed by atoms with van der Waals surface area (Å²) in [7, 11) is 0. The van der Waals surface area contributed by atoms with Crippen LogP contribution in [0, 0.1) is 0 Å². The summed E-state index contributed by atoms with van der Waals surface area (Å²) in [5.74, 6) is -0.390.